The summed E-state index contributed by atoms with van der Waals surface area (Å²) in [6.07, 6.45) is 1.03. The Bertz CT molecular complexity index is 1620. The monoisotopic (exact) mass is 537 g/mol. The summed E-state index contributed by atoms with van der Waals surface area (Å²) < 4.78 is 57.1. The molecule has 4 aromatic rings. The molecule has 3 aromatic carbocycles. The minimum absolute atomic E-state index is 0.0484. The summed E-state index contributed by atoms with van der Waals surface area (Å²) in [4.78, 5) is 12.9. The molecule has 0 unspecified atom stereocenters. The van der Waals surface area contributed by atoms with Gasteiger partial charge in [-0.25, -0.2) is 17.1 Å². The molecule has 0 aliphatic rings. The summed E-state index contributed by atoms with van der Waals surface area (Å²) in [5.74, 6) is -0.561. The SMILES string of the molecule is CNC(=O)c1c(-c2ccc(F)cc2)oc2cc(N(COC)S(C)(=O)=O)c(OCc3ccc(C#N)cc3)cc12. The molecule has 0 fully saturated rings. The van der Waals surface area contributed by atoms with Crippen molar-refractivity contribution in [2.75, 3.05) is 31.4 Å². The van der Waals surface area contributed by atoms with Crippen LogP contribution in [0, 0.1) is 17.1 Å². The Morgan fingerprint density at radius 2 is 1.82 bits per heavy atom. The van der Waals surface area contributed by atoms with Crippen LogP contribution in [-0.4, -0.2) is 41.5 Å². The molecule has 9 nitrogen and oxygen atoms in total. The molecule has 0 radical (unpaired) electrons. The lowest BCUT2D eigenvalue weighted by Gasteiger charge is -2.24. The molecule has 11 heteroatoms. The van der Waals surface area contributed by atoms with Gasteiger partial charge in [0.15, 0.2) is 0 Å². The van der Waals surface area contributed by atoms with Crippen molar-refractivity contribution < 1.29 is 31.5 Å². The zero-order valence-electron chi connectivity index (χ0n) is 20.8. The molecule has 4 rings (SSSR count). The number of ether oxygens (including phenoxy) is 2. The van der Waals surface area contributed by atoms with Gasteiger partial charge in [-0.15, -0.1) is 0 Å². The predicted molar refractivity (Wildman–Crippen MR) is 140 cm³/mol. The number of methoxy groups -OCH3 is 1. The third-order valence-corrected chi connectivity index (χ3v) is 6.83. The van der Waals surface area contributed by atoms with Crippen LogP contribution in [0.4, 0.5) is 10.1 Å². The first-order chi connectivity index (χ1) is 18.2. The van der Waals surface area contributed by atoms with E-state index in [1.54, 1.807) is 24.3 Å². The third-order valence-electron chi connectivity index (χ3n) is 5.72. The van der Waals surface area contributed by atoms with Gasteiger partial charge in [-0.3, -0.25) is 4.79 Å². The predicted octanol–water partition coefficient (Wildman–Crippen LogP) is 4.42. The van der Waals surface area contributed by atoms with E-state index in [0.717, 1.165) is 16.1 Å². The van der Waals surface area contributed by atoms with Crippen LogP contribution in [0.2, 0.25) is 0 Å². The number of carbonyl (C=O) groups is 1. The summed E-state index contributed by atoms with van der Waals surface area (Å²) in [5.41, 5.74) is 2.22. The highest BCUT2D eigenvalue weighted by Gasteiger charge is 2.27. The Kier molecular flexibility index (Phi) is 7.66. The number of nitriles is 1. The molecule has 0 bridgehead atoms. The molecular formula is C27H24FN3O6S. The van der Waals surface area contributed by atoms with Crippen LogP contribution in [0.3, 0.4) is 0 Å². The number of halogens is 1. The van der Waals surface area contributed by atoms with Crippen LogP contribution in [0.5, 0.6) is 5.75 Å². The van der Waals surface area contributed by atoms with Crippen molar-refractivity contribution in [2.24, 2.45) is 0 Å². The van der Waals surface area contributed by atoms with Crippen molar-refractivity contribution in [3.63, 3.8) is 0 Å². The summed E-state index contributed by atoms with van der Waals surface area (Å²) in [7, 11) is -0.988. The number of anilines is 1. The van der Waals surface area contributed by atoms with E-state index in [-0.39, 0.29) is 41.7 Å². The lowest BCUT2D eigenvalue weighted by Crippen LogP contribution is -2.32. The summed E-state index contributed by atoms with van der Waals surface area (Å²) in [6, 6.07) is 17.2. The Morgan fingerprint density at radius 1 is 1.13 bits per heavy atom. The van der Waals surface area contributed by atoms with E-state index in [0.29, 0.717) is 16.5 Å². The Hall–Kier alpha value is -4.40. The Labute approximate surface area is 219 Å². The van der Waals surface area contributed by atoms with Gasteiger partial charge in [0.25, 0.3) is 5.91 Å². The van der Waals surface area contributed by atoms with Crippen molar-refractivity contribution in [1.82, 2.24) is 5.32 Å². The largest absolute Gasteiger partial charge is 0.487 e. The van der Waals surface area contributed by atoms with Gasteiger partial charge in [0, 0.05) is 31.2 Å². The van der Waals surface area contributed by atoms with Gasteiger partial charge in [-0.05, 0) is 48.0 Å². The zero-order valence-corrected chi connectivity index (χ0v) is 21.6. The highest BCUT2D eigenvalue weighted by molar-refractivity contribution is 7.92. The number of furan rings is 1. The van der Waals surface area contributed by atoms with Gasteiger partial charge in [-0.2, -0.15) is 5.26 Å². The van der Waals surface area contributed by atoms with Crippen LogP contribution >= 0.6 is 0 Å². The van der Waals surface area contributed by atoms with Gasteiger partial charge in [-0.1, -0.05) is 12.1 Å². The number of nitrogens with one attached hydrogen (secondary N) is 1. The van der Waals surface area contributed by atoms with Gasteiger partial charge in [0.2, 0.25) is 10.0 Å². The molecule has 196 valence electrons. The summed E-state index contributed by atoms with van der Waals surface area (Å²) in [5, 5.41) is 12.0. The molecule has 1 aromatic heterocycles. The fraction of sp³-hybridized carbons (Fsp3) is 0.185. The number of nitrogens with zero attached hydrogens (tertiary/aromatic N) is 2. The second kappa shape index (κ2) is 10.9. The van der Waals surface area contributed by atoms with Gasteiger partial charge in [0.1, 0.15) is 36.2 Å². The average Bonchev–Trinajstić information content (AvgIpc) is 3.28. The molecule has 1 heterocycles. The fourth-order valence-corrected chi connectivity index (χ4v) is 4.67. The number of benzene rings is 3. The third kappa shape index (κ3) is 5.46. The quantitative estimate of drug-likeness (QED) is 0.314. The normalized spacial score (nSPS) is 11.2. The summed E-state index contributed by atoms with van der Waals surface area (Å²) >= 11 is 0. The maximum absolute atomic E-state index is 13.6. The summed E-state index contributed by atoms with van der Waals surface area (Å²) in [6.45, 7) is -0.252. The first kappa shape index (κ1) is 26.7. The van der Waals surface area contributed by atoms with E-state index in [1.807, 2.05) is 6.07 Å². The van der Waals surface area contributed by atoms with E-state index in [9.17, 15) is 17.6 Å². The van der Waals surface area contributed by atoms with Crippen molar-refractivity contribution >= 4 is 32.6 Å². The molecule has 0 atom stereocenters. The van der Waals surface area contributed by atoms with Gasteiger partial charge in [0.05, 0.1) is 29.1 Å². The standard InChI is InChI=1S/C27H24FN3O6S/c1-30-27(32)25-21-12-24(36-15-18-6-4-17(14-29)5-7-18)22(31(16-35-2)38(3,33)34)13-23(21)37-26(25)19-8-10-20(28)11-9-19/h4-13H,15-16H2,1-3H3,(H,30,32). The number of sulfonamides is 1. The highest BCUT2D eigenvalue weighted by atomic mass is 32.2. The van der Waals surface area contributed by atoms with Crippen LogP contribution in [0.15, 0.2) is 65.1 Å². The van der Waals surface area contributed by atoms with Crippen LogP contribution < -0.4 is 14.4 Å². The van der Waals surface area contributed by atoms with E-state index in [1.165, 1.54) is 50.6 Å². The van der Waals surface area contributed by atoms with Crippen molar-refractivity contribution in [3.8, 4) is 23.1 Å². The lowest BCUT2D eigenvalue weighted by atomic mass is 10.0. The molecule has 1 amide bonds. The van der Waals surface area contributed by atoms with E-state index in [4.69, 9.17) is 19.2 Å². The van der Waals surface area contributed by atoms with Crippen molar-refractivity contribution in [2.45, 2.75) is 6.61 Å². The fourth-order valence-electron chi connectivity index (χ4n) is 3.88. The molecule has 0 aliphatic carbocycles. The van der Waals surface area contributed by atoms with E-state index >= 15 is 0 Å². The second-order valence-electron chi connectivity index (χ2n) is 8.33. The number of carbonyl (C=O) groups excluding carboxylic acids is 1. The van der Waals surface area contributed by atoms with Gasteiger partial charge < -0.3 is 19.2 Å². The molecule has 1 N–H and O–H groups in total. The van der Waals surface area contributed by atoms with Crippen molar-refractivity contribution in [3.05, 3.63) is 83.2 Å². The molecule has 0 aliphatic heterocycles. The maximum Gasteiger partial charge on any atom is 0.255 e. The first-order valence-corrected chi connectivity index (χ1v) is 13.2. The van der Waals surface area contributed by atoms with Crippen molar-refractivity contribution in [1.29, 1.82) is 5.26 Å². The molecule has 0 spiro atoms. The molecule has 0 saturated carbocycles. The van der Waals surface area contributed by atoms with Gasteiger partial charge >= 0.3 is 0 Å². The molecule has 38 heavy (non-hydrogen) atoms. The number of amides is 1. The smallest absolute Gasteiger partial charge is 0.255 e. The number of hydrogen-bond donors (Lipinski definition) is 1. The van der Waals surface area contributed by atoms with Crippen LogP contribution in [0.25, 0.3) is 22.3 Å². The average molecular weight is 538 g/mol. The topological polar surface area (TPSA) is 122 Å². The Balaban J connectivity index is 1.92. The van der Waals surface area contributed by atoms with Crippen LogP contribution in [-0.2, 0) is 21.4 Å². The zero-order chi connectivity index (χ0) is 27.4. The van der Waals surface area contributed by atoms with E-state index < -0.39 is 21.7 Å². The molecular weight excluding hydrogens is 513 g/mol. The lowest BCUT2D eigenvalue weighted by molar-refractivity contribution is 0.0964. The highest BCUT2D eigenvalue weighted by Crippen LogP contribution is 2.41. The number of rotatable bonds is 9. The minimum atomic E-state index is -3.81. The second-order valence-corrected chi connectivity index (χ2v) is 10.2. The number of fused-ring (bicyclic) bond motifs is 1. The van der Waals surface area contributed by atoms with E-state index in [2.05, 4.69) is 5.32 Å². The van der Waals surface area contributed by atoms with Crippen LogP contribution in [0.1, 0.15) is 21.5 Å². The minimum Gasteiger partial charge on any atom is -0.487 e. The maximum atomic E-state index is 13.6. The Morgan fingerprint density at radius 3 is 2.39 bits per heavy atom. The number of hydrogen-bond acceptors (Lipinski definition) is 7. The molecule has 0 saturated heterocycles. The first-order valence-electron chi connectivity index (χ1n) is 11.3.